The van der Waals surface area contributed by atoms with E-state index in [-0.39, 0.29) is 0 Å². The molecule has 0 aromatic carbocycles. The van der Waals surface area contributed by atoms with E-state index < -0.39 is 0 Å². The maximum Gasteiger partial charge on any atom is 0.0221 e. The normalized spacial score (nSPS) is 36.2. The molecule has 2 nitrogen and oxygen atoms in total. The van der Waals surface area contributed by atoms with Crippen LogP contribution >= 0.6 is 0 Å². The summed E-state index contributed by atoms with van der Waals surface area (Å²) in [5.74, 6) is 0.991. The molecule has 2 N–H and O–H groups in total. The molecular weight excluding hydrogens is 184 g/mol. The highest BCUT2D eigenvalue weighted by atomic mass is 15.2. The second kappa shape index (κ2) is 4.84. The molecular formula is C13H26N2. The largest absolute Gasteiger partial charge is 0.326 e. The van der Waals surface area contributed by atoms with Crippen LogP contribution in [0.3, 0.4) is 0 Å². The molecule has 0 bridgehead atoms. The van der Waals surface area contributed by atoms with Crippen molar-refractivity contribution in [2.24, 2.45) is 11.7 Å². The molecule has 0 amide bonds. The number of hydrogen-bond acceptors (Lipinski definition) is 2. The third kappa shape index (κ3) is 2.21. The third-order valence-corrected chi connectivity index (χ3v) is 4.67. The van der Waals surface area contributed by atoms with Crippen molar-refractivity contribution in [1.29, 1.82) is 0 Å². The van der Waals surface area contributed by atoms with Crippen LogP contribution in [0.1, 0.15) is 52.4 Å². The average Bonchev–Trinajstić information content (AvgIpc) is 2.70. The Balaban J connectivity index is 1.97. The van der Waals surface area contributed by atoms with Gasteiger partial charge in [0.05, 0.1) is 0 Å². The number of nitrogens with zero attached hydrogens (tertiary/aromatic N) is 1. The molecule has 1 heterocycles. The Kier molecular flexibility index (Phi) is 3.68. The summed E-state index contributed by atoms with van der Waals surface area (Å²) < 4.78 is 0. The highest BCUT2D eigenvalue weighted by Gasteiger charge is 2.38. The van der Waals surface area contributed by atoms with E-state index in [0.717, 1.165) is 18.4 Å². The Bertz CT molecular complexity index is 205. The van der Waals surface area contributed by atoms with Crippen LogP contribution in [0.15, 0.2) is 0 Å². The fourth-order valence-corrected chi connectivity index (χ4v) is 3.53. The molecule has 1 aliphatic carbocycles. The van der Waals surface area contributed by atoms with Crippen molar-refractivity contribution in [2.45, 2.75) is 70.5 Å². The number of nitrogens with two attached hydrogens (primary N) is 1. The summed E-state index contributed by atoms with van der Waals surface area (Å²) in [6, 6.07) is 1.82. The SMILES string of the molecule is CCC(N)C(C)N1CCC2CCCCC21. The molecule has 88 valence electrons. The van der Waals surface area contributed by atoms with E-state index in [9.17, 15) is 0 Å². The first kappa shape index (κ1) is 11.4. The molecule has 2 heteroatoms. The van der Waals surface area contributed by atoms with Crippen molar-refractivity contribution < 1.29 is 0 Å². The first-order valence-corrected chi connectivity index (χ1v) is 6.75. The standard InChI is InChI=1S/C13H26N2/c1-3-12(14)10(2)15-9-8-11-6-4-5-7-13(11)15/h10-13H,3-9,14H2,1-2H3. The minimum absolute atomic E-state index is 0.366. The Morgan fingerprint density at radius 3 is 2.73 bits per heavy atom. The molecule has 1 aliphatic heterocycles. The van der Waals surface area contributed by atoms with E-state index in [4.69, 9.17) is 5.73 Å². The van der Waals surface area contributed by atoms with Gasteiger partial charge < -0.3 is 5.73 Å². The van der Waals surface area contributed by atoms with Gasteiger partial charge >= 0.3 is 0 Å². The van der Waals surface area contributed by atoms with Crippen molar-refractivity contribution in [2.75, 3.05) is 6.54 Å². The lowest BCUT2D eigenvalue weighted by molar-refractivity contribution is 0.124. The molecule has 0 aromatic rings. The van der Waals surface area contributed by atoms with Gasteiger partial charge in [0.15, 0.2) is 0 Å². The molecule has 2 aliphatic rings. The van der Waals surface area contributed by atoms with E-state index in [0.29, 0.717) is 12.1 Å². The summed E-state index contributed by atoms with van der Waals surface area (Å²) in [5, 5.41) is 0. The monoisotopic (exact) mass is 210 g/mol. The highest BCUT2D eigenvalue weighted by Crippen LogP contribution is 2.37. The van der Waals surface area contributed by atoms with Crippen LogP contribution in [0.4, 0.5) is 0 Å². The molecule has 2 fully saturated rings. The molecule has 15 heavy (non-hydrogen) atoms. The number of likely N-dealkylation sites (tertiary alicyclic amines) is 1. The summed E-state index contributed by atoms with van der Waals surface area (Å²) in [7, 11) is 0. The van der Waals surface area contributed by atoms with Gasteiger partial charge in [-0.25, -0.2) is 0 Å². The van der Waals surface area contributed by atoms with Crippen LogP contribution in [0, 0.1) is 5.92 Å². The quantitative estimate of drug-likeness (QED) is 0.775. The van der Waals surface area contributed by atoms with Gasteiger partial charge in [-0.05, 0) is 45.1 Å². The second-order valence-electron chi connectivity index (χ2n) is 5.45. The summed E-state index contributed by atoms with van der Waals surface area (Å²) >= 11 is 0. The van der Waals surface area contributed by atoms with Crippen molar-refractivity contribution >= 4 is 0 Å². The van der Waals surface area contributed by atoms with Crippen LogP contribution < -0.4 is 5.73 Å². The van der Waals surface area contributed by atoms with Crippen LogP contribution in [0.2, 0.25) is 0 Å². The number of rotatable bonds is 3. The first-order chi connectivity index (χ1) is 7.24. The zero-order chi connectivity index (χ0) is 10.8. The fourth-order valence-electron chi connectivity index (χ4n) is 3.53. The van der Waals surface area contributed by atoms with E-state index >= 15 is 0 Å². The maximum absolute atomic E-state index is 6.18. The van der Waals surface area contributed by atoms with Gasteiger partial charge in [-0.3, -0.25) is 4.90 Å². The lowest BCUT2D eigenvalue weighted by atomic mass is 9.84. The van der Waals surface area contributed by atoms with Gasteiger partial charge in [-0.1, -0.05) is 19.8 Å². The topological polar surface area (TPSA) is 29.3 Å². The van der Waals surface area contributed by atoms with Gasteiger partial charge in [0.2, 0.25) is 0 Å². The van der Waals surface area contributed by atoms with Gasteiger partial charge in [0, 0.05) is 18.1 Å². The van der Waals surface area contributed by atoms with Crippen molar-refractivity contribution in [3.8, 4) is 0 Å². The van der Waals surface area contributed by atoms with E-state index in [2.05, 4.69) is 18.7 Å². The third-order valence-electron chi connectivity index (χ3n) is 4.67. The number of hydrogen-bond donors (Lipinski definition) is 1. The maximum atomic E-state index is 6.18. The van der Waals surface area contributed by atoms with Gasteiger partial charge in [0.1, 0.15) is 0 Å². The fraction of sp³-hybridized carbons (Fsp3) is 1.00. The summed E-state index contributed by atoms with van der Waals surface area (Å²) in [6.45, 7) is 5.82. The van der Waals surface area contributed by atoms with E-state index in [1.165, 1.54) is 38.6 Å². The summed E-state index contributed by atoms with van der Waals surface area (Å²) in [4.78, 5) is 2.71. The molecule has 4 unspecified atom stereocenters. The highest BCUT2D eigenvalue weighted by molar-refractivity contribution is 4.94. The molecule has 1 saturated carbocycles. The second-order valence-corrected chi connectivity index (χ2v) is 5.45. The zero-order valence-corrected chi connectivity index (χ0v) is 10.3. The predicted molar refractivity (Wildman–Crippen MR) is 64.8 cm³/mol. The Labute approximate surface area is 94.2 Å². The van der Waals surface area contributed by atoms with Crippen molar-refractivity contribution in [3.05, 3.63) is 0 Å². The molecule has 4 atom stereocenters. The van der Waals surface area contributed by atoms with Gasteiger partial charge in [0.25, 0.3) is 0 Å². The summed E-state index contributed by atoms with van der Waals surface area (Å²) in [6.07, 6.45) is 8.32. The minimum atomic E-state index is 0.366. The van der Waals surface area contributed by atoms with Crippen molar-refractivity contribution in [1.82, 2.24) is 4.90 Å². The van der Waals surface area contributed by atoms with Crippen LogP contribution in [0.5, 0.6) is 0 Å². The van der Waals surface area contributed by atoms with Gasteiger partial charge in [-0.2, -0.15) is 0 Å². The lowest BCUT2D eigenvalue weighted by Gasteiger charge is -2.37. The zero-order valence-electron chi connectivity index (χ0n) is 10.3. The van der Waals surface area contributed by atoms with Crippen LogP contribution in [0.25, 0.3) is 0 Å². The molecule has 2 rings (SSSR count). The van der Waals surface area contributed by atoms with E-state index in [1.54, 1.807) is 0 Å². The smallest absolute Gasteiger partial charge is 0.0221 e. The first-order valence-electron chi connectivity index (χ1n) is 6.75. The predicted octanol–water partition coefficient (Wildman–Crippen LogP) is 2.38. The molecule has 0 spiro atoms. The Morgan fingerprint density at radius 2 is 2.00 bits per heavy atom. The minimum Gasteiger partial charge on any atom is -0.326 e. The van der Waals surface area contributed by atoms with E-state index in [1.807, 2.05) is 0 Å². The average molecular weight is 210 g/mol. The molecule has 0 aromatic heterocycles. The van der Waals surface area contributed by atoms with Crippen molar-refractivity contribution in [3.63, 3.8) is 0 Å². The van der Waals surface area contributed by atoms with Crippen LogP contribution in [-0.4, -0.2) is 29.6 Å². The van der Waals surface area contributed by atoms with Crippen LogP contribution in [-0.2, 0) is 0 Å². The molecule has 1 saturated heterocycles. The lowest BCUT2D eigenvalue weighted by Crippen LogP contribution is -2.49. The van der Waals surface area contributed by atoms with Gasteiger partial charge in [-0.15, -0.1) is 0 Å². The Morgan fingerprint density at radius 1 is 1.27 bits per heavy atom. The molecule has 0 radical (unpaired) electrons. The Hall–Kier alpha value is -0.0800. The summed E-state index contributed by atoms with van der Waals surface area (Å²) in [5.41, 5.74) is 6.18. The number of fused-ring (bicyclic) bond motifs is 1.